The fourth-order valence-electron chi connectivity index (χ4n) is 1.98. The number of hydrogen-bond acceptors (Lipinski definition) is 4. The van der Waals surface area contributed by atoms with Gasteiger partial charge in [-0.25, -0.2) is 0 Å². The number of carbonyl (C=O) groups excluding carboxylic acids is 1. The van der Waals surface area contributed by atoms with Gasteiger partial charge < -0.3 is 20.5 Å². The third kappa shape index (κ3) is 1.86. The lowest BCUT2D eigenvalue weighted by Crippen LogP contribution is -2.22. The molecule has 0 aliphatic rings. The highest BCUT2D eigenvalue weighted by Crippen LogP contribution is 2.21. The maximum atomic E-state index is 12.2. The van der Waals surface area contributed by atoms with Crippen molar-refractivity contribution in [2.24, 2.45) is 0 Å². The zero-order valence-corrected chi connectivity index (χ0v) is 10.2. The van der Waals surface area contributed by atoms with E-state index in [1.165, 1.54) is 12.1 Å². The molecule has 2 aromatic carbocycles. The number of quaternary nitrogens is 1. The Morgan fingerprint density at radius 2 is 1.68 bits per heavy atom. The highest BCUT2D eigenvalue weighted by atomic mass is 16.4. The van der Waals surface area contributed by atoms with Gasteiger partial charge in [0.2, 0.25) is 5.43 Å². The fourth-order valence-corrected chi connectivity index (χ4v) is 1.98. The smallest absolute Gasteiger partial charge is 0.200 e. The van der Waals surface area contributed by atoms with Crippen LogP contribution in [0.5, 0.6) is 0 Å². The predicted molar refractivity (Wildman–Crippen MR) is 70.3 cm³/mol. The second-order valence-corrected chi connectivity index (χ2v) is 3.90. The summed E-state index contributed by atoms with van der Waals surface area (Å²) >= 11 is 0. The minimum absolute atomic E-state index is 0. The number of benzene rings is 2. The standard InChI is InChI=1S/C14H8O4.H3N/c15-12-8-4-1-2-7-11(8)18-13-9(12)5-3-6-10(13)14(16)17;/h1-7H,(H,16,17);1H3. The molecule has 0 spiro atoms. The van der Waals surface area contributed by atoms with Gasteiger partial charge >= 0.3 is 0 Å². The molecule has 0 aliphatic carbocycles. The van der Waals surface area contributed by atoms with Crippen molar-refractivity contribution < 1.29 is 14.3 Å². The molecule has 3 aromatic rings. The van der Waals surface area contributed by atoms with Gasteiger partial charge in [0.15, 0.2) is 0 Å². The Balaban J connectivity index is 0.00000133. The Morgan fingerprint density at radius 1 is 1.00 bits per heavy atom. The molecule has 0 atom stereocenters. The van der Waals surface area contributed by atoms with Crippen LogP contribution >= 0.6 is 0 Å². The van der Waals surface area contributed by atoms with Crippen molar-refractivity contribution in [1.29, 1.82) is 0 Å². The van der Waals surface area contributed by atoms with Crippen molar-refractivity contribution in [3.8, 4) is 0 Å². The quantitative estimate of drug-likeness (QED) is 0.669. The van der Waals surface area contributed by atoms with Gasteiger partial charge in [-0.2, -0.15) is 0 Å². The molecular weight excluding hydrogens is 246 g/mol. The Morgan fingerprint density at radius 3 is 2.42 bits per heavy atom. The summed E-state index contributed by atoms with van der Waals surface area (Å²) in [6.45, 7) is 0. The summed E-state index contributed by atoms with van der Waals surface area (Å²) in [5, 5.41) is 11.7. The molecule has 0 saturated carbocycles. The number of carboxylic acid groups (broad SMARTS) is 1. The van der Waals surface area contributed by atoms with Crippen LogP contribution in [0.3, 0.4) is 0 Å². The maximum Gasteiger partial charge on any atom is 0.200 e. The van der Waals surface area contributed by atoms with Crippen molar-refractivity contribution in [3.05, 3.63) is 58.3 Å². The van der Waals surface area contributed by atoms with Gasteiger partial charge in [-0.15, -0.1) is 0 Å². The van der Waals surface area contributed by atoms with Crippen molar-refractivity contribution in [3.63, 3.8) is 0 Å². The maximum absolute atomic E-state index is 12.2. The topological polar surface area (TPSA) is 107 Å². The average molecular weight is 257 g/mol. The van der Waals surface area contributed by atoms with Crippen LogP contribution in [-0.2, 0) is 0 Å². The Labute approximate surface area is 107 Å². The van der Waals surface area contributed by atoms with Crippen molar-refractivity contribution in [1.82, 2.24) is 6.15 Å². The third-order valence-electron chi connectivity index (χ3n) is 2.82. The van der Waals surface area contributed by atoms with E-state index in [2.05, 4.69) is 0 Å². The lowest BCUT2D eigenvalue weighted by Gasteiger charge is -2.07. The summed E-state index contributed by atoms with van der Waals surface area (Å²) in [4.78, 5) is 23.2. The van der Waals surface area contributed by atoms with Gasteiger partial charge in [0.05, 0.1) is 16.7 Å². The molecule has 1 aromatic heterocycles. The second kappa shape index (κ2) is 4.55. The molecule has 0 unspecified atom stereocenters. The molecule has 4 N–H and O–H groups in total. The number of aromatic carboxylic acids is 1. The number of carboxylic acids is 1. The van der Waals surface area contributed by atoms with Crippen molar-refractivity contribution >= 4 is 27.9 Å². The van der Waals surface area contributed by atoms with Crippen LogP contribution in [0, 0.1) is 0 Å². The van der Waals surface area contributed by atoms with Crippen LogP contribution in [0.2, 0.25) is 0 Å². The molecule has 96 valence electrons. The summed E-state index contributed by atoms with van der Waals surface area (Å²) < 4.78 is 5.50. The van der Waals surface area contributed by atoms with Crippen LogP contribution in [0.4, 0.5) is 0 Å². The number of carbonyl (C=O) groups is 1. The first kappa shape index (κ1) is 12.8. The van der Waals surface area contributed by atoms with E-state index in [0.29, 0.717) is 11.0 Å². The molecular formula is C14H11NO4. The van der Waals surface area contributed by atoms with E-state index in [-0.39, 0.29) is 28.1 Å². The lowest BCUT2D eigenvalue weighted by molar-refractivity contribution is -0.254. The number of rotatable bonds is 1. The monoisotopic (exact) mass is 257 g/mol. The van der Waals surface area contributed by atoms with Crippen LogP contribution in [0.1, 0.15) is 10.4 Å². The highest BCUT2D eigenvalue weighted by molar-refractivity contribution is 6.02. The summed E-state index contributed by atoms with van der Waals surface area (Å²) in [5.74, 6) is -1.36. The van der Waals surface area contributed by atoms with Gasteiger partial charge in [-0.1, -0.05) is 18.2 Å². The Kier molecular flexibility index (Phi) is 3.06. The van der Waals surface area contributed by atoms with Crippen LogP contribution < -0.4 is 16.7 Å². The predicted octanol–water partition coefficient (Wildman–Crippen LogP) is 1.69. The van der Waals surface area contributed by atoms with Crippen molar-refractivity contribution in [2.75, 3.05) is 0 Å². The van der Waals surface area contributed by atoms with Gasteiger partial charge in [0.25, 0.3) is 0 Å². The first-order valence-corrected chi connectivity index (χ1v) is 5.34. The van der Waals surface area contributed by atoms with E-state index < -0.39 is 5.97 Å². The fraction of sp³-hybridized carbons (Fsp3) is 0. The second-order valence-electron chi connectivity index (χ2n) is 3.90. The van der Waals surface area contributed by atoms with Crippen LogP contribution in [-0.4, -0.2) is 5.97 Å². The summed E-state index contributed by atoms with van der Waals surface area (Å²) in [6.07, 6.45) is 0. The third-order valence-corrected chi connectivity index (χ3v) is 2.82. The van der Waals surface area contributed by atoms with Crippen molar-refractivity contribution in [2.45, 2.75) is 0 Å². The van der Waals surface area contributed by atoms with Crippen LogP contribution in [0.25, 0.3) is 21.9 Å². The highest BCUT2D eigenvalue weighted by Gasteiger charge is 2.10. The molecule has 0 bridgehead atoms. The minimum Gasteiger partial charge on any atom is -0.545 e. The average Bonchev–Trinajstić information content (AvgIpc) is 2.38. The number of hydrogen-bond donors (Lipinski definition) is 1. The molecule has 3 rings (SSSR count). The van der Waals surface area contributed by atoms with E-state index in [1.54, 1.807) is 30.3 Å². The zero-order valence-electron chi connectivity index (χ0n) is 10.2. The number of fused-ring (bicyclic) bond motifs is 2. The van der Waals surface area contributed by atoms with Gasteiger partial charge in [-0.05, 0) is 24.3 Å². The molecule has 0 fully saturated rings. The molecule has 1 heterocycles. The van der Waals surface area contributed by atoms with E-state index in [4.69, 9.17) is 4.42 Å². The van der Waals surface area contributed by atoms with Gasteiger partial charge in [0.1, 0.15) is 11.2 Å². The number of para-hydroxylation sites is 2. The first-order valence-electron chi connectivity index (χ1n) is 5.34. The summed E-state index contributed by atoms with van der Waals surface area (Å²) in [7, 11) is 0. The zero-order chi connectivity index (χ0) is 12.7. The molecule has 19 heavy (non-hydrogen) atoms. The lowest BCUT2D eigenvalue weighted by atomic mass is 10.1. The van der Waals surface area contributed by atoms with E-state index in [9.17, 15) is 14.7 Å². The van der Waals surface area contributed by atoms with Gasteiger partial charge in [0, 0.05) is 5.56 Å². The minimum atomic E-state index is -1.36. The van der Waals surface area contributed by atoms with Crippen LogP contribution in [0.15, 0.2) is 51.7 Å². The Bertz CT molecular complexity index is 836. The largest absolute Gasteiger partial charge is 0.545 e. The SMILES string of the molecule is O=C([O-])c1cccc2c(=O)c3ccccc3oc12.[NH4+]. The van der Waals surface area contributed by atoms with E-state index in [0.717, 1.165) is 0 Å². The molecule has 0 amide bonds. The Hall–Kier alpha value is -2.66. The summed E-state index contributed by atoms with van der Waals surface area (Å²) in [5.41, 5.74) is 0.0650. The summed E-state index contributed by atoms with van der Waals surface area (Å²) in [6, 6.07) is 11.1. The molecule has 5 heteroatoms. The van der Waals surface area contributed by atoms with Gasteiger partial charge in [-0.3, -0.25) is 4.79 Å². The molecule has 5 nitrogen and oxygen atoms in total. The molecule has 0 radical (unpaired) electrons. The molecule has 0 aliphatic heterocycles. The molecule has 0 saturated heterocycles. The van der Waals surface area contributed by atoms with E-state index in [1.807, 2.05) is 0 Å². The van der Waals surface area contributed by atoms with E-state index >= 15 is 0 Å². The normalized spacial score (nSPS) is 10.3. The first-order chi connectivity index (χ1) is 8.68.